The number of benzene rings is 3. The van der Waals surface area contributed by atoms with Gasteiger partial charge in [0.2, 0.25) is 11.8 Å². The smallest absolute Gasteiger partial charge is 0.408 e. The molecule has 4 unspecified atom stereocenters. The summed E-state index contributed by atoms with van der Waals surface area (Å²) < 4.78 is 5.35. The van der Waals surface area contributed by atoms with Crippen LogP contribution in [-0.4, -0.2) is 46.4 Å². The number of alkyl carbamates (subject to hydrolysis) is 1. The first-order valence-electron chi connectivity index (χ1n) is 14.0. The molecule has 9 nitrogen and oxygen atoms in total. The van der Waals surface area contributed by atoms with Gasteiger partial charge in [-0.3, -0.25) is 14.4 Å². The van der Waals surface area contributed by atoms with Gasteiger partial charge in [0, 0.05) is 11.7 Å². The Morgan fingerprint density at radius 1 is 1.05 bits per heavy atom. The Balaban J connectivity index is 1.74. The minimum Gasteiger partial charge on any atom is -0.444 e. The molecule has 1 fully saturated rings. The number of amides is 4. The summed E-state index contributed by atoms with van der Waals surface area (Å²) in [5.41, 5.74) is 6.57. The van der Waals surface area contributed by atoms with Gasteiger partial charge in [-0.2, -0.15) is 0 Å². The number of nitrogens with two attached hydrogens (primary N) is 1. The van der Waals surface area contributed by atoms with Crippen LogP contribution in [0.5, 0.6) is 0 Å². The molecule has 0 aliphatic heterocycles. The molecule has 1 aliphatic carbocycles. The van der Waals surface area contributed by atoms with Gasteiger partial charge in [-0.25, -0.2) is 4.79 Å². The Bertz CT molecular complexity index is 1510. The number of primary amides is 1. The van der Waals surface area contributed by atoms with Crippen LogP contribution in [0.3, 0.4) is 0 Å². The summed E-state index contributed by atoms with van der Waals surface area (Å²) in [6.07, 6.45) is 0.994. The van der Waals surface area contributed by atoms with E-state index in [4.69, 9.17) is 10.5 Å². The largest absolute Gasteiger partial charge is 0.444 e. The summed E-state index contributed by atoms with van der Waals surface area (Å²) in [6, 6.07) is 17.9. The summed E-state index contributed by atoms with van der Waals surface area (Å²) in [4.78, 5) is 54.6. The van der Waals surface area contributed by atoms with Crippen molar-refractivity contribution in [3.63, 3.8) is 0 Å². The van der Waals surface area contributed by atoms with E-state index in [1.54, 1.807) is 45.0 Å². The Hall–Kier alpha value is -4.66. The normalized spacial score (nSPS) is 17.4. The average Bonchev–Trinajstić information content (AvgIpc) is 3.64. The molecule has 0 heterocycles. The molecule has 3 aromatic rings. The molecule has 0 radical (unpaired) electrons. The van der Waals surface area contributed by atoms with E-state index in [0.29, 0.717) is 17.7 Å². The highest BCUT2D eigenvalue weighted by Gasteiger charge is 2.48. The van der Waals surface area contributed by atoms with Crippen molar-refractivity contribution in [1.29, 1.82) is 0 Å². The first-order chi connectivity index (χ1) is 19.9. The molecule has 9 heteroatoms. The molecular weight excluding hydrogens is 532 g/mol. The van der Waals surface area contributed by atoms with Crippen LogP contribution < -0.4 is 16.4 Å². The summed E-state index contributed by atoms with van der Waals surface area (Å²) in [7, 11) is 0. The SMILES string of the molecule is C=Cc1cccc(C(C(=O)Nc2ccc3ccccc3c2)N(C(=O)C(CC(N)=O)NC(=O)OC(C)(C)C)C2CC2C)c1. The van der Waals surface area contributed by atoms with E-state index in [0.717, 1.165) is 16.3 Å². The quantitative estimate of drug-likeness (QED) is 0.310. The first kappa shape index (κ1) is 30.3. The number of hydrogen-bond acceptors (Lipinski definition) is 5. The number of anilines is 1. The third-order valence-corrected chi connectivity index (χ3v) is 7.08. The fourth-order valence-electron chi connectivity index (χ4n) is 4.98. The Labute approximate surface area is 246 Å². The van der Waals surface area contributed by atoms with Gasteiger partial charge in [0.05, 0.1) is 6.42 Å². The maximum atomic E-state index is 14.3. The second-order valence-electron chi connectivity index (χ2n) is 11.7. The van der Waals surface area contributed by atoms with Crippen LogP contribution in [0.15, 0.2) is 73.3 Å². The van der Waals surface area contributed by atoms with E-state index >= 15 is 0 Å². The Kier molecular flexibility index (Phi) is 8.99. The minimum atomic E-state index is -1.33. The standard InChI is InChI=1S/C33H38N4O5/c1-6-21-10-9-13-24(17-21)29(30(39)35-25-15-14-22-11-7-8-12-23(22)18-25)37(27-16-20(27)2)31(40)26(19-28(34)38)36-32(41)42-33(3,4)5/h6-15,17-18,20,26-27,29H,1,16,19H2,2-5H3,(H2,34,38)(H,35,39)(H,36,41). The number of fused-ring (bicyclic) bond motifs is 1. The van der Waals surface area contributed by atoms with Gasteiger partial charge in [-0.1, -0.05) is 68.1 Å². The number of carbonyl (C=O) groups excluding carboxylic acids is 4. The zero-order valence-corrected chi connectivity index (χ0v) is 24.4. The zero-order chi connectivity index (χ0) is 30.6. The lowest BCUT2D eigenvalue weighted by Crippen LogP contribution is -2.54. The fraction of sp³-hybridized carbons (Fsp3) is 0.333. The van der Waals surface area contributed by atoms with Gasteiger partial charge in [0.15, 0.2) is 0 Å². The lowest BCUT2D eigenvalue weighted by atomic mass is 9.99. The molecule has 0 aromatic heterocycles. The van der Waals surface area contributed by atoms with E-state index in [1.165, 1.54) is 4.90 Å². The average molecular weight is 571 g/mol. The van der Waals surface area contributed by atoms with Gasteiger partial charge in [-0.05, 0) is 73.2 Å². The van der Waals surface area contributed by atoms with Crippen molar-refractivity contribution in [2.45, 2.75) is 64.3 Å². The molecule has 0 bridgehead atoms. The van der Waals surface area contributed by atoms with Crippen molar-refractivity contribution < 1.29 is 23.9 Å². The highest BCUT2D eigenvalue weighted by Crippen LogP contribution is 2.41. The fourth-order valence-corrected chi connectivity index (χ4v) is 4.98. The monoisotopic (exact) mass is 570 g/mol. The zero-order valence-electron chi connectivity index (χ0n) is 24.4. The lowest BCUT2D eigenvalue weighted by molar-refractivity contribution is -0.142. The molecule has 4 atom stereocenters. The number of nitrogens with one attached hydrogen (secondary N) is 2. The van der Waals surface area contributed by atoms with Crippen LogP contribution in [0, 0.1) is 5.92 Å². The van der Waals surface area contributed by atoms with Crippen LogP contribution in [0.4, 0.5) is 10.5 Å². The maximum absolute atomic E-state index is 14.3. The lowest BCUT2D eigenvalue weighted by Gasteiger charge is -2.35. The van der Waals surface area contributed by atoms with Gasteiger partial charge < -0.3 is 26.0 Å². The van der Waals surface area contributed by atoms with Crippen LogP contribution in [0.25, 0.3) is 16.8 Å². The molecular formula is C33H38N4O5. The highest BCUT2D eigenvalue weighted by atomic mass is 16.6. The molecule has 0 spiro atoms. The first-order valence-corrected chi connectivity index (χ1v) is 14.0. The van der Waals surface area contributed by atoms with E-state index in [2.05, 4.69) is 17.2 Å². The Morgan fingerprint density at radius 3 is 2.36 bits per heavy atom. The number of ether oxygens (including phenoxy) is 1. The molecule has 4 rings (SSSR count). The maximum Gasteiger partial charge on any atom is 0.408 e. The molecule has 42 heavy (non-hydrogen) atoms. The second-order valence-corrected chi connectivity index (χ2v) is 11.7. The Morgan fingerprint density at radius 2 is 1.74 bits per heavy atom. The molecule has 1 aliphatic rings. The van der Waals surface area contributed by atoms with Crippen molar-refractivity contribution >= 4 is 46.4 Å². The van der Waals surface area contributed by atoms with Crippen LogP contribution in [0.1, 0.15) is 57.7 Å². The molecule has 4 N–H and O–H groups in total. The predicted octanol–water partition coefficient (Wildman–Crippen LogP) is 5.17. The van der Waals surface area contributed by atoms with Gasteiger partial charge in [0.1, 0.15) is 17.7 Å². The number of rotatable bonds is 10. The number of hydrogen-bond donors (Lipinski definition) is 3. The van der Waals surface area contributed by atoms with E-state index < -0.39 is 47.9 Å². The van der Waals surface area contributed by atoms with E-state index in [1.807, 2.05) is 55.5 Å². The summed E-state index contributed by atoms with van der Waals surface area (Å²) >= 11 is 0. The van der Waals surface area contributed by atoms with E-state index in [9.17, 15) is 19.2 Å². The number of carbonyl (C=O) groups is 4. The van der Waals surface area contributed by atoms with Crippen molar-refractivity contribution in [3.05, 3.63) is 84.4 Å². The van der Waals surface area contributed by atoms with E-state index in [-0.39, 0.29) is 12.0 Å². The topological polar surface area (TPSA) is 131 Å². The molecule has 3 aromatic carbocycles. The minimum absolute atomic E-state index is 0.100. The third kappa shape index (κ3) is 7.54. The predicted molar refractivity (Wildman–Crippen MR) is 163 cm³/mol. The second kappa shape index (κ2) is 12.5. The van der Waals surface area contributed by atoms with Gasteiger partial charge in [0.25, 0.3) is 5.91 Å². The van der Waals surface area contributed by atoms with Crippen LogP contribution in [0.2, 0.25) is 0 Å². The van der Waals surface area contributed by atoms with Gasteiger partial charge >= 0.3 is 6.09 Å². The summed E-state index contributed by atoms with van der Waals surface area (Å²) in [6.45, 7) is 10.9. The highest BCUT2D eigenvalue weighted by molar-refractivity contribution is 6.01. The summed E-state index contributed by atoms with van der Waals surface area (Å²) in [5, 5.41) is 7.49. The van der Waals surface area contributed by atoms with Crippen molar-refractivity contribution in [2.75, 3.05) is 5.32 Å². The van der Waals surface area contributed by atoms with Crippen LogP contribution in [-0.2, 0) is 19.1 Å². The molecule has 1 saturated carbocycles. The molecule has 220 valence electrons. The summed E-state index contributed by atoms with van der Waals surface area (Å²) in [5.74, 6) is -1.71. The van der Waals surface area contributed by atoms with Crippen molar-refractivity contribution in [3.8, 4) is 0 Å². The van der Waals surface area contributed by atoms with Crippen LogP contribution >= 0.6 is 0 Å². The van der Waals surface area contributed by atoms with Gasteiger partial charge in [-0.15, -0.1) is 0 Å². The van der Waals surface area contributed by atoms with Crippen molar-refractivity contribution in [2.24, 2.45) is 11.7 Å². The molecule has 0 saturated heterocycles. The third-order valence-electron chi connectivity index (χ3n) is 7.08. The molecule has 4 amide bonds. The van der Waals surface area contributed by atoms with Crippen molar-refractivity contribution in [1.82, 2.24) is 10.2 Å². The number of nitrogens with zero attached hydrogens (tertiary/aromatic N) is 1.